The molecule has 0 saturated carbocycles. The quantitative estimate of drug-likeness (QED) is 0.841. The summed E-state index contributed by atoms with van der Waals surface area (Å²) in [6, 6.07) is 11.4. The minimum atomic E-state index is 0.169. The summed E-state index contributed by atoms with van der Waals surface area (Å²) in [6.45, 7) is 4.31. The molecule has 1 aromatic carbocycles. The summed E-state index contributed by atoms with van der Waals surface area (Å²) >= 11 is 0. The van der Waals surface area contributed by atoms with Crippen LogP contribution in [0.2, 0.25) is 0 Å². The largest absolute Gasteiger partial charge is 0.373 e. The second-order valence-corrected chi connectivity index (χ2v) is 6.58. The van der Waals surface area contributed by atoms with Crippen molar-refractivity contribution in [1.29, 1.82) is 0 Å². The summed E-state index contributed by atoms with van der Waals surface area (Å²) in [5, 5.41) is 0. The van der Waals surface area contributed by atoms with Gasteiger partial charge in [0.25, 0.3) is 0 Å². The van der Waals surface area contributed by atoms with E-state index in [1.165, 1.54) is 24.8 Å². The number of hydrogen-bond acceptors (Lipinski definition) is 3. The van der Waals surface area contributed by atoms with Crippen molar-refractivity contribution in [2.24, 2.45) is 0 Å². The Morgan fingerprint density at radius 2 is 1.90 bits per heavy atom. The third kappa shape index (κ3) is 3.05. The SMILES string of the molecule is CN(C)[C@H]1COC2(CCN(Cc3ccccc3)CC2)C1. The molecular formula is C17H26N2O. The van der Waals surface area contributed by atoms with Gasteiger partial charge in [-0.15, -0.1) is 0 Å². The molecule has 1 spiro atoms. The van der Waals surface area contributed by atoms with Gasteiger partial charge in [0.05, 0.1) is 12.2 Å². The summed E-state index contributed by atoms with van der Waals surface area (Å²) in [5.41, 5.74) is 1.59. The number of nitrogens with zero attached hydrogens (tertiary/aromatic N) is 2. The van der Waals surface area contributed by atoms with Crippen LogP contribution in [0.4, 0.5) is 0 Å². The van der Waals surface area contributed by atoms with Gasteiger partial charge in [-0.05, 0) is 38.9 Å². The Morgan fingerprint density at radius 1 is 1.20 bits per heavy atom. The maximum Gasteiger partial charge on any atom is 0.0723 e. The molecule has 3 rings (SSSR count). The zero-order valence-corrected chi connectivity index (χ0v) is 12.7. The summed E-state index contributed by atoms with van der Waals surface area (Å²) in [7, 11) is 4.33. The van der Waals surface area contributed by atoms with E-state index in [-0.39, 0.29) is 5.60 Å². The molecule has 0 aliphatic carbocycles. The molecule has 0 N–H and O–H groups in total. The second-order valence-electron chi connectivity index (χ2n) is 6.58. The molecule has 2 saturated heterocycles. The molecule has 0 unspecified atom stereocenters. The van der Waals surface area contributed by atoms with E-state index < -0.39 is 0 Å². The smallest absolute Gasteiger partial charge is 0.0723 e. The topological polar surface area (TPSA) is 15.7 Å². The molecule has 20 heavy (non-hydrogen) atoms. The molecule has 110 valence electrons. The van der Waals surface area contributed by atoms with Crippen molar-refractivity contribution in [3.63, 3.8) is 0 Å². The fraction of sp³-hybridized carbons (Fsp3) is 0.647. The highest BCUT2D eigenvalue weighted by Crippen LogP contribution is 2.37. The fourth-order valence-corrected chi connectivity index (χ4v) is 3.46. The fourth-order valence-electron chi connectivity index (χ4n) is 3.46. The molecule has 0 radical (unpaired) electrons. The average Bonchev–Trinajstić information content (AvgIpc) is 2.87. The van der Waals surface area contributed by atoms with E-state index in [9.17, 15) is 0 Å². The summed E-state index contributed by atoms with van der Waals surface area (Å²) in [6.07, 6.45) is 3.58. The van der Waals surface area contributed by atoms with Crippen molar-refractivity contribution in [3.05, 3.63) is 35.9 Å². The van der Waals surface area contributed by atoms with Gasteiger partial charge >= 0.3 is 0 Å². The van der Waals surface area contributed by atoms with Crippen LogP contribution in [0, 0.1) is 0 Å². The first-order valence-corrected chi connectivity index (χ1v) is 7.74. The highest BCUT2D eigenvalue weighted by atomic mass is 16.5. The van der Waals surface area contributed by atoms with Gasteiger partial charge in [0.15, 0.2) is 0 Å². The normalized spacial score (nSPS) is 26.4. The average molecular weight is 274 g/mol. The van der Waals surface area contributed by atoms with E-state index >= 15 is 0 Å². The number of rotatable bonds is 3. The minimum absolute atomic E-state index is 0.169. The van der Waals surface area contributed by atoms with Gasteiger partial charge in [0.2, 0.25) is 0 Å². The molecule has 0 aromatic heterocycles. The molecule has 1 aromatic rings. The van der Waals surface area contributed by atoms with E-state index in [0.717, 1.165) is 26.2 Å². The molecule has 0 amide bonds. The van der Waals surface area contributed by atoms with Crippen LogP contribution in [-0.2, 0) is 11.3 Å². The third-order valence-electron chi connectivity index (χ3n) is 4.94. The predicted octanol–water partition coefficient (Wildman–Crippen LogP) is 2.37. The molecular weight excluding hydrogens is 248 g/mol. The van der Waals surface area contributed by atoms with Gasteiger partial charge in [-0.1, -0.05) is 30.3 Å². The lowest BCUT2D eigenvalue weighted by Gasteiger charge is -2.39. The molecule has 3 heteroatoms. The van der Waals surface area contributed by atoms with Crippen molar-refractivity contribution in [1.82, 2.24) is 9.80 Å². The number of benzene rings is 1. The highest BCUT2D eigenvalue weighted by molar-refractivity contribution is 5.14. The van der Waals surface area contributed by atoms with E-state index in [1.807, 2.05) is 0 Å². The van der Waals surface area contributed by atoms with Crippen LogP contribution in [0.15, 0.2) is 30.3 Å². The lowest BCUT2D eigenvalue weighted by Crippen LogP contribution is -2.44. The summed E-state index contributed by atoms with van der Waals surface area (Å²) in [5.74, 6) is 0. The van der Waals surface area contributed by atoms with Crippen LogP contribution in [-0.4, -0.2) is 55.2 Å². The molecule has 2 fully saturated rings. The zero-order valence-electron chi connectivity index (χ0n) is 12.7. The number of ether oxygens (including phenoxy) is 1. The Hall–Kier alpha value is -0.900. The molecule has 0 bridgehead atoms. The number of likely N-dealkylation sites (tertiary alicyclic amines) is 1. The maximum absolute atomic E-state index is 6.19. The lowest BCUT2D eigenvalue weighted by molar-refractivity contribution is -0.0451. The van der Waals surface area contributed by atoms with Gasteiger partial charge in [0.1, 0.15) is 0 Å². The molecule has 2 aliphatic heterocycles. The predicted molar refractivity (Wildman–Crippen MR) is 81.7 cm³/mol. The molecule has 1 atom stereocenters. The van der Waals surface area contributed by atoms with Crippen LogP contribution in [0.5, 0.6) is 0 Å². The first kappa shape index (κ1) is 14.1. The van der Waals surface area contributed by atoms with Crippen molar-refractivity contribution in [2.45, 2.75) is 37.5 Å². The van der Waals surface area contributed by atoms with Crippen LogP contribution >= 0.6 is 0 Å². The van der Waals surface area contributed by atoms with Gasteiger partial charge in [-0.25, -0.2) is 0 Å². The van der Waals surface area contributed by atoms with Crippen molar-refractivity contribution < 1.29 is 4.74 Å². The Balaban J connectivity index is 1.53. The molecule has 2 heterocycles. The van der Waals surface area contributed by atoms with Crippen molar-refractivity contribution in [2.75, 3.05) is 33.8 Å². The van der Waals surface area contributed by atoms with Crippen LogP contribution in [0.3, 0.4) is 0 Å². The second kappa shape index (κ2) is 5.84. The van der Waals surface area contributed by atoms with Gasteiger partial charge in [0, 0.05) is 25.7 Å². The van der Waals surface area contributed by atoms with Gasteiger partial charge in [-0.3, -0.25) is 4.90 Å². The third-order valence-corrected chi connectivity index (χ3v) is 4.94. The Kier molecular flexibility index (Phi) is 4.11. The summed E-state index contributed by atoms with van der Waals surface area (Å²) < 4.78 is 6.19. The van der Waals surface area contributed by atoms with Crippen LogP contribution in [0.1, 0.15) is 24.8 Å². The van der Waals surface area contributed by atoms with E-state index in [1.54, 1.807) is 0 Å². The van der Waals surface area contributed by atoms with Crippen LogP contribution < -0.4 is 0 Å². The van der Waals surface area contributed by atoms with E-state index in [4.69, 9.17) is 4.74 Å². The maximum atomic E-state index is 6.19. The zero-order chi connectivity index (χ0) is 14.0. The Labute approximate surface area is 122 Å². The van der Waals surface area contributed by atoms with E-state index in [2.05, 4.69) is 54.2 Å². The molecule has 2 aliphatic rings. The monoisotopic (exact) mass is 274 g/mol. The Bertz CT molecular complexity index is 424. The lowest BCUT2D eigenvalue weighted by atomic mass is 9.87. The number of hydrogen-bond donors (Lipinski definition) is 0. The van der Waals surface area contributed by atoms with E-state index in [0.29, 0.717) is 6.04 Å². The number of piperidine rings is 1. The number of likely N-dealkylation sites (N-methyl/N-ethyl adjacent to an activating group) is 1. The van der Waals surface area contributed by atoms with Gasteiger partial charge < -0.3 is 9.64 Å². The van der Waals surface area contributed by atoms with Gasteiger partial charge in [-0.2, -0.15) is 0 Å². The standard InChI is InChI=1S/C17H26N2O/c1-18(2)16-12-17(20-14-16)8-10-19(11-9-17)13-15-6-4-3-5-7-15/h3-7,16H,8-14H2,1-2H3/t16-/m1/s1. The summed E-state index contributed by atoms with van der Waals surface area (Å²) in [4.78, 5) is 4.87. The Morgan fingerprint density at radius 3 is 2.50 bits per heavy atom. The van der Waals surface area contributed by atoms with Crippen molar-refractivity contribution in [3.8, 4) is 0 Å². The van der Waals surface area contributed by atoms with Crippen LogP contribution in [0.25, 0.3) is 0 Å². The highest BCUT2D eigenvalue weighted by Gasteiger charge is 2.43. The van der Waals surface area contributed by atoms with Crippen molar-refractivity contribution >= 4 is 0 Å². The first-order chi connectivity index (χ1) is 9.67. The minimum Gasteiger partial charge on any atom is -0.373 e. The molecule has 3 nitrogen and oxygen atoms in total. The first-order valence-electron chi connectivity index (χ1n) is 7.74.